The lowest BCUT2D eigenvalue weighted by Crippen LogP contribution is -2.49. The summed E-state index contributed by atoms with van der Waals surface area (Å²) in [5.41, 5.74) is 0.123. The summed E-state index contributed by atoms with van der Waals surface area (Å²) in [4.78, 5) is 13.9. The van der Waals surface area contributed by atoms with Gasteiger partial charge < -0.3 is 33.7 Å². The maximum atomic E-state index is 13.9. The second kappa shape index (κ2) is 7.51. The first kappa shape index (κ1) is 22.3. The molecule has 0 bridgehead atoms. The summed E-state index contributed by atoms with van der Waals surface area (Å²) in [5, 5.41) is 24.1. The van der Waals surface area contributed by atoms with Crippen molar-refractivity contribution >= 4 is 32.6 Å². The summed E-state index contributed by atoms with van der Waals surface area (Å²) in [5.74, 6) is 1.94. The fourth-order valence-corrected chi connectivity index (χ4v) is 5.02. The van der Waals surface area contributed by atoms with Crippen molar-refractivity contribution in [2.75, 3.05) is 21.3 Å². The molecule has 0 radical (unpaired) electrons. The average Bonchev–Trinajstić information content (AvgIpc) is 2.83. The highest BCUT2D eigenvalue weighted by Crippen LogP contribution is 2.46. The van der Waals surface area contributed by atoms with Crippen LogP contribution in [-0.2, 0) is 7.05 Å². The predicted octanol–water partition coefficient (Wildman–Crippen LogP) is 3.44. The first-order valence-electron chi connectivity index (χ1n) is 10.9. The molecule has 5 rings (SSSR count). The summed E-state index contributed by atoms with van der Waals surface area (Å²) in [6.07, 6.45) is -2.45. The van der Waals surface area contributed by atoms with Crippen molar-refractivity contribution in [2.24, 2.45) is 7.05 Å². The van der Waals surface area contributed by atoms with E-state index in [1.807, 2.05) is 16.7 Å². The summed E-state index contributed by atoms with van der Waals surface area (Å²) in [7, 11) is 6.45. The van der Waals surface area contributed by atoms with Gasteiger partial charge in [0.25, 0.3) is 0 Å². The van der Waals surface area contributed by atoms with E-state index >= 15 is 0 Å². The lowest BCUT2D eigenvalue weighted by atomic mass is 9.86. The van der Waals surface area contributed by atoms with Gasteiger partial charge in [0.15, 0.2) is 0 Å². The van der Waals surface area contributed by atoms with Crippen molar-refractivity contribution in [2.45, 2.75) is 31.7 Å². The maximum absolute atomic E-state index is 13.9. The van der Waals surface area contributed by atoms with Gasteiger partial charge in [0.1, 0.15) is 40.8 Å². The Balaban J connectivity index is 2.01. The van der Waals surface area contributed by atoms with Crippen LogP contribution in [0.3, 0.4) is 0 Å². The van der Waals surface area contributed by atoms with Gasteiger partial charge in [0.2, 0.25) is 5.43 Å². The Labute approximate surface area is 195 Å². The molecule has 1 aliphatic rings. The van der Waals surface area contributed by atoms with E-state index in [0.29, 0.717) is 50.4 Å². The van der Waals surface area contributed by atoms with Crippen LogP contribution in [0.2, 0.25) is 0 Å². The van der Waals surface area contributed by atoms with E-state index in [1.54, 1.807) is 53.3 Å². The van der Waals surface area contributed by atoms with Gasteiger partial charge in [-0.1, -0.05) is 0 Å². The topological polar surface area (TPSA) is 99.4 Å². The molecule has 0 saturated heterocycles. The van der Waals surface area contributed by atoms with Crippen molar-refractivity contribution < 1.29 is 29.2 Å². The average molecular weight is 466 g/mol. The Hall–Kier alpha value is -3.49. The number of benzene rings is 3. The van der Waals surface area contributed by atoms with Gasteiger partial charge in [0, 0.05) is 29.3 Å². The molecule has 8 heteroatoms. The van der Waals surface area contributed by atoms with Crippen molar-refractivity contribution in [1.82, 2.24) is 4.57 Å². The number of aliphatic hydroxyl groups is 2. The minimum atomic E-state index is -1.26. The lowest BCUT2D eigenvalue weighted by molar-refractivity contribution is -0.111. The molecule has 2 N–H and O–H groups in total. The van der Waals surface area contributed by atoms with Crippen LogP contribution in [0.5, 0.6) is 23.0 Å². The third kappa shape index (κ3) is 2.88. The van der Waals surface area contributed by atoms with Gasteiger partial charge in [-0.15, -0.1) is 0 Å². The molecule has 1 aliphatic heterocycles. The van der Waals surface area contributed by atoms with Gasteiger partial charge in [-0.2, -0.15) is 0 Å². The number of ether oxygens (including phenoxy) is 4. The Bertz CT molecular complexity index is 1540. The van der Waals surface area contributed by atoms with Crippen LogP contribution in [0.1, 0.15) is 25.5 Å². The fraction of sp³-hybridized carbons (Fsp3) is 0.346. The van der Waals surface area contributed by atoms with E-state index in [0.717, 1.165) is 10.8 Å². The van der Waals surface area contributed by atoms with E-state index < -0.39 is 17.8 Å². The zero-order valence-electron chi connectivity index (χ0n) is 19.9. The van der Waals surface area contributed by atoms with Crippen molar-refractivity contribution in [3.05, 3.63) is 46.1 Å². The normalized spacial score (nSPS) is 19.2. The zero-order valence-corrected chi connectivity index (χ0v) is 19.9. The van der Waals surface area contributed by atoms with Gasteiger partial charge in [0.05, 0.1) is 43.3 Å². The molecule has 4 aromatic rings. The van der Waals surface area contributed by atoms with Crippen LogP contribution < -0.4 is 24.4 Å². The SMILES string of the molecule is COc1ccc(OC)c2cc3c(cc12)c(=O)c1c(OC)cc2c(c1n3C)[C@@H](O)[C@@H](O)C(C)(C)O2. The number of aromatic nitrogens is 1. The molecule has 0 amide bonds. The van der Waals surface area contributed by atoms with Gasteiger partial charge in [-0.05, 0) is 38.1 Å². The van der Waals surface area contributed by atoms with Crippen molar-refractivity contribution in [3.63, 3.8) is 0 Å². The smallest absolute Gasteiger partial charge is 0.201 e. The summed E-state index contributed by atoms with van der Waals surface area (Å²) >= 11 is 0. The van der Waals surface area contributed by atoms with Crippen LogP contribution in [0, 0.1) is 0 Å². The molecule has 3 aromatic carbocycles. The number of nitrogens with zero attached hydrogens (tertiary/aromatic N) is 1. The Morgan fingerprint density at radius 3 is 2.09 bits per heavy atom. The first-order valence-corrected chi connectivity index (χ1v) is 10.9. The quantitative estimate of drug-likeness (QED) is 0.447. The van der Waals surface area contributed by atoms with Gasteiger partial charge in [-0.3, -0.25) is 4.79 Å². The Morgan fingerprint density at radius 2 is 1.50 bits per heavy atom. The number of aryl methyl sites for hydroxylation is 1. The molecular weight excluding hydrogens is 438 g/mol. The summed E-state index contributed by atoms with van der Waals surface area (Å²) < 4.78 is 24.6. The highest BCUT2D eigenvalue weighted by Gasteiger charge is 2.44. The van der Waals surface area contributed by atoms with Crippen LogP contribution >= 0.6 is 0 Å². The molecule has 2 atom stereocenters. The summed E-state index contributed by atoms with van der Waals surface area (Å²) in [6, 6.07) is 8.87. The Kier molecular flexibility index (Phi) is 4.93. The highest BCUT2D eigenvalue weighted by atomic mass is 16.5. The van der Waals surface area contributed by atoms with E-state index in [2.05, 4.69) is 0 Å². The van der Waals surface area contributed by atoms with Crippen LogP contribution in [-0.4, -0.2) is 47.8 Å². The van der Waals surface area contributed by atoms with E-state index in [9.17, 15) is 15.0 Å². The highest BCUT2D eigenvalue weighted by molar-refractivity contribution is 6.07. The monoisotopic (exact) mass is 465 g/mol. The molecule has 8 nitrogen and oxygen atoms in total. The minimum Gasteiger partial charge on any atom is -0.496 e. The largest absolute Gasteiger partial charge is 0.496 e. The number of methoxy groups -OCH3 is 3. The predicted molar refractivity (Wildman–Crippen MR) is 130 cm³/mol. The number of fused-ring (bicyclic) bond motifs is 5. The van der Waals surface area contributed by atoms with Crippen molar-refractivity contribution in [3.8, 4) is 23.0 Å². The number of hydrogen-bond acceptors (Lipinski definition) is 7. The zero-order chi connectivity index (χ0) is 24.5. The van der Waals surface area contributed by atoms with E-state index in [4.69, 9.17) is 18.9 Å². The number of rotatable bonds is 3. The lowest BCUT2D eigenvalue weighted by Gasteiger charge is -2.40. The van der Waals surface area contributed by atoms with Crippen molar-refractivity contribution in [1.29, 1.82) is 0 Å². The van der Waals surface area contributed by atoms with Crippen LogP contribution in [0.4, 0.5) is 0 Å². The molecular formula is C26H27NO7. The maximum Gasteiger partial charge on any atom is 0.201 e. The second-order valence-electron chi connectivity index (χ2n) is 9.08. The number of hydrogen-bond donors (Lipinski definition) is 2. The molecule has 0 spiro atoms. The molecule has 34 heavy (non-hydrogen) atoms. The minimum absolute atomic E-state index is 0.263. The third-order valence-corrected chi connectivity index (χ3v) is 6.83. The van der Waals surface area contributed by atoms with E-state index in [1.165, 1.54) is 7.11 Å². The molecule has 2 heterocycles. The summed E-state index contributed by atoms with van der Waals surface area (Å²) in [6.45, 7) is 3.40. The molecule has 178 valence electrons. The molecule has 0 saturated carbocycles. The van der Waals surface area contributed by atoms with Gasteiger partial charge in [-0.25, -0.2) is 0 Å². The van der Waals surface area contributed by atoms with Gasteiger partial charge >= 0.3 is 0 Å². The van der Waals surface area contributed by atoms with Crippen LogP contribution in [0.15, 0.2) is 35.1 Å². The third-order valence-electron chi connectivity index (χ3n) is 6.83. The first-order chi connectivity index (χ1) is 16.1. The van der Waals surface area contributed by atoms with Crippen LogP contribution in [0.25, 0.3) is 32.6 Å². The molecule has 0 unspecified atom stereocenters. The Morgan fingerprint density at radius 1 is 0.912 bits per heavy atom. The number of pyridine rings is 1. The molecule has 0 fully saturated rings. The second-order valence-corrected chi connectivity index (χ2v) is 9.08. The molecule has 1 aromatic heterocycles. The molecule has 0 aliphatic carbocycles. The fourth-order valence-electron chi connectivity index (χ4n) is 5.02. The number of aliphatic hydroxyl groups excluding tert-OH is 2. The standard InChI is InChI=1S/C26H27NO7/c1-26(2)25(30)24(29)21-19(34-26)11-18(33-6)20-22(21)27(3)15-10-13-12(9-14(15)23(20)28)16(31-4)7-8-17(13)32-5/h7-11,24-25,29-30H,1-6H3/t24-,25-/m1/s1. The van der Waals surface area contributed by atoms with E-state index in [-0.39, 0.29) is 5.43 Å².